The van der Waals surface area contributed by atoms with Crippen molar-refractivity contribution in [2.24, 2.45) is 4.99 Å². The quantitative estimate of drug-likeness (QED) is 0.477. The number of nitrogens with zero attached hydrogens (tertiary/aromatic N) is 3. The van der Waals surface area contributed by atoms with Crippen LogP contribution in [-0.4, -0.2) is 21.5 Å². The van der Waals surface area contributed by atoms with E-state index in [1.165, 1.54) is 18.2 Å². The summed E-state index contributed by atoms with van der Waals surface area (Å²) >= 11 is 0. The molecule has 2 N–H and O–H groups in total. The Morgan fingerprint density at radius 1 is 1.22 bits per heavy atom. The van der Waals surface area contributed by atoms with Crippen molar-refractivity contribution in [1.29, 1.82) is 0 Å². The maximum atomic E-state index is 8.55. The highest BCUT2D eigenvalue weighted by molar-refractivity contribution is 5.74. The standard InChI is InChI=1S/C13H12N4O/c18-17-8-16-13-11-6-5-9-3-1-2-4-10(9)12(11)14-7-15-13/h1-4,7-8,18H,5-6H2,(H,14,15,16,17). The third-order valence-electron chi connectivity index (χ3n) is 3.08. The second-order valence-electron chi connectivity index (χ2n) is 4.07. The molecule has 90 valence electrons. The average Bonchev–Trinajstić information content (AvgIpc) is 2.44. The fourth-order valence-electron chi connectivity index (χ4n) is 2.30. The highest BCUT2D eigenvalue weighted by Gasteiger charge is 2.19. The number of aryl methyl sites for hydroxylation is 1. The molecule has 0 bridgehead atoms. The summed E-state index contributed by atoms with van der Waals surface area (Å²) in [7, 11) is 0. The molecule has 1 heterocycles. The number of hydrogen-bond donors (Lipinski definition) is 2. The third kappa shape index (κ3) is 1.74. The first-order chi connectivity index (χ1) is 8.90. The van der Waals surface area contributed by atoms with Crippen molar-refractivity contribution in [3.63, 3.8) is 0 Å². The molecule has 5 nitrogen and oxygen atoms in total. The van der Waals surface area contributed by atoms with E-state index in [4.69, 9.17) is 5.21 Å². The van der Waals surface area contributed by atoms with Crippen molar-refractivity contribution < 1.29 is 5.21 Å². The van der Waals surface area contributed by atoms with E-state index in [9.17, 15) is 0 Å². The molecule has 0 atom stereocenters. The van der Waals surface area contributed by atoms with Crippen molar-refractivity contribution in [3.8, 4) is 11.3 Å². The number of hydroxylamine groups is 1. The molecular weight excluding hydrogens is 228 g/mol. The van der Waals surface area contributed by atoms with Crippen LogP contribution in [0.2, 0.25) is 0 Å². The van der Waals surface area contributed by atoms with Crippen LogP contribution in [0.3, 0.4) is 0 Å². The number of benzene rings is 1. The van der Waals surface area contributed by atoms with Crippen LogP contribution in [0.25, 0.3) is 11.3 Å². The zero-order valence-corrected chi connectivity index (χ0v) is 9.67. The topological polar surface area (TPSA) is 70.4 Å². The van der Waals surface area contributed by atoms with Crippen molar-refractivity contribution >= 4 is 12.2 Å². The molecule has 1 aromatic carbocycles. The van der Waals surface area contributed by atoms with Crippen LogP contribution in [0.1, 0.15) is 11.1 Å². The molecule has 18 heavy (non-hydrogen) atoms. The van der Waals surface area contributed by atoms with Gasteiger partial charge in [0.05, 0.1) is 5.69 Å². The Balaban J connectivity index is 2.15. The molecule has 1 aliphatic carbocycles. The number of hydrogen-bond acceptors (Lipinski definition) is 4. The van der Waals surface area contributed by atoms with Gasteiger partial charge in [-0.15, -0.1) is 0 Å². The van der Waals surface area contributed by atoms with E-state index in [1.54, 1.807) is 0 Å². The molecule has 5 heteroatoms. The molecule has 1 aromatic heterocycles. The highest BCUT2D eigenvalue weighted by atomic mass is 16.5. The summed E-state index contributed by atoms with van der Waals surface area (Å²) in [5.41, 5.74) is 6.31. The molecule has 0 aliphatic heterocycles. The minimum atomic E-state index is 0.607. The number of rotatable bonds is 2. The Labute approximate surface area is 104 Å². The summed E-state index contributed by atoms with van der Waals surface area (Å²) < 4.78 is 0. The predicted octanol–water partition coefficient (Wildman–Crippen LogP) is 1.88. The Morgan fingerprint density at radius 3 is 3.00 bits per heavy atom. The van der Waals surface area contributed by atoms with Crippen molar-refractivity contribution in [1.82, 2.24) is 15.4 Å². The molecule has 0 fully saturated rings. The van der Waals surface area contributed by atoms with Gasteiger partial charge in [0, 0.05) is 11.1 Å². The Kier molecular flexibility index (Phi) is 2.74. The summed E-state index contributed by atoms with van der Waals surface area (Å²) in [4.78, 5) is 12.6. The van der Waals surface area contributed by atoms with E-state index in [2.05, 4.69) is 27.1 Å². The molecule has 1 aliphatic rings. The van der Waals surface area contributed by atoms with Crippen LogP contribution in [0.5, 0.6) is 0 Å². The lowest BCUT2D eigenvalue weighted by atomic mass is 9.89. The SMILES string of the molecule is ONC=Nc1ncnc2c1CCc1ccccc1-2. The maximum absolute atomic E-state index is 8.55. The van der Waals surface area contributed by atoms with Gasteiger partial charge < -0.3 is 0 Å². The number of aromatic nitrogens is 2. The minimum absolute atomic E-state index is 0.607. The minimum Gasteiger partial charge on any atom is -0.290 e. The molecule has 2 aromatic rings. The summed E-state index contributed by atoms with van der Waals surface area (Å²) in [5, 5.41) is 8.55. The fourth-order valence-corrected chi connectivity index (χ4v) is 2.30. The molecule has 0 radical (unpaired) electrons. The van der Waals surface area contributed by atoms with Gasteiger partial charge in [0.1, 0.15) is 12.7 Å². The average molecular weight is 240 g/mol. The van der Waals surface area contributed by atoms with Gasteiger partial charge in [-0.2, -0.15) is 0 Å². The fraction of sp³-hybridized carbons (Fsp3) is 0.154. The van der Waals surface area contributed by atoms with Crippen LogP contribution < -0.4 is 5.48 Å². The Hall–Kier alpha value is -2.27. The first-order valence-corrected chi connectivity index (χ1v) is 5.74. The molecule has 3 rings (SSSR count). The second-order valence-corrected chi connectivity index (χ2v) is 4.07. The Bertz CT molecular complexity index is 610. The van der Waals surface area contributed by atoms with Gasteiger partial charge in [0.15, 0.2) is 5.82 Å². The van der Waals surface area contributed by atoms with Gasteiger partial charge in [0.2, 0.25) is 0 Å². The largest absolute Gasteiger partial charge is 0.290 e. The lowest BCUT2D eigenvalue weighted by Crippen LogP contribution is -2.07. The second kappa shape index (κ2) is 4.54. The van der Waals surface area contributed by atoms with Crippen LogP contribution in [0, 0.1) is 0 Å². The monoisotopic (exact) mass is 240 g/mol. The normalized spacial score (nSPS) is 13.2. The van der Waals surface area contributed by atoms with E-state index >= 15 is 0 Å². The van der Waals surface area contributed by atoms with Crippen LogP contribution >= 0.6 is 0 Å². The van der Waals surface area contributed by atoms with Crippen molar-refractivity contribution in [2.75, 3.05) is 0 Å². The van der Waals surface area contributed by atoms with Gasteiger partial charge in [-0.25, -0.2) is 15.0 Å². The number of fused-ring (bicyclic) bond motifs is 3. The number of nitrogens with one attached hydrogen (secondary N) is 1. The summed E-state index contributed by atoms with van der Waals surface area (Å²) in [6.07, 6.45) is 4.55. The first-order valence-electron chi connectivity index (χ1n) is 5.74. The first kappa shape index (κ1) is 10.9. The molecule has 0 amide bonds. The third-order valence-corrected chi connectivity index (χ3v) is 3.08. The van der Waals surface area contributed by atoms with Gasteiger partial charge in [-0.05, 0) is 18.4 Å². The highest BCUT2D eigenvalue weighted by Crippen LogP contribution is 2.34. The predicted molar refractivity (Wildman–Crippen MR) is 68.0 cm³/mol. The van der Waals surface area contributed by atoms with E-state index in [0.717, 1.165) is 29.7 Å². The van der Waals surface area contributed by atoms with Crippen molar-refractivity contribution in [3.05, 3.63) is 41.7 Å². The molecule has 0 saturated heterocycles. The number of aliphatic imine (C=N–C) groups is 1. The lowest BCUT2D eigenvalue weighted by molar-refractivity contribution is 0.240. The smallest absolute Gasteiger partial charge is 0.160 e. The van der Waals surface area contributed by atoms with E-state index in [0.29, 0.717) is 5.82 Å². The lowest BCUT2D eigenvalue weighted by Gasteiger charge is -2.18. The van der Waals surface area contributed by atoms with E-state index in [-0.39, 0.29) is 0 Å². The zero-order chi connectivity index (χ0) is 12.4. The Morgan fingerprint density at radius 2 is 2.11 bits per heavy atom. The zero-order valence-electron chi connectivity index (χ0n) is 9.67. The van der Waals surface area contributed by atoms with E-state index in [1.807, 2.05) is 17.6 Å². The van der Waals surface area contributed by atoms with Crippen LogP contribution in [0.15, 0.2) is 35.6 Å². The van der Waals surface area contributed by atoms with Crippen molar-refractivity contribution in [2.45, 2.75) is 12.8 Å². The maximum Gasteiger partial charge on any atom is 0.160 e. The van der Waals surface area contributed by atoms with Gasteiger partial charge in [-0.1, -0.05) is 24.3 Å². The van der Waals surface area contributed by atoms with Gasteiger partial charge in [0.25, 0.3) is 0 Å². The molecule has 0 spiro atoms. The van der Waals surface area contributed by atoms with Gasteiger partial charge >= 0.3 is 0 Å². The molecule has 0 unspecified atom stereocenters. The summed E-state index contributed by atoms with van der Waals surface area (Å²) in [5.74, 6) is 0.607. The van der Waals surface area contributed by atoms with Crippen LogP contribution in [0.4, 0.5) is 5.82 Å². The molecular formula is C13H12N4O. The van der Waals surface area contributed by atoms with E-state index < -0.39 is 0 Å². The van der Waals surface area contributed by atoms with Gasteiger partial charge in [-0.3, -0.25) is 10.7 Å². The molecule has 0 saturated carbocycles. The summed E-state index contributed by atoms with van der Waals surface area (Å²) in [6, 6.07) is 8.24. The van der Waals surface area contributed by atoms with Crippen LogP contribution in [-0.2, 0) is 12.8 Å². The summed E-state index contributed by atoms with van der Waals surface area (Å²) in [6.45, 7) is 0.